The van der Waals surface area contributed by atoms with Crippen molar-refractivity contribution >= 4 is 44.3 Å². The molecule has 9 nitrogen and oxygen atoms in total. The van der Waals surface area contributed by atoms with E-state index in [2.05, 4.69) is 25.6 Å². The van der Waals surface area contributed by atoms with Gasteiger partial charge in [-0.2, -0.15) is 5.21 Å². The number of thiazole rings is 1. The summed E-state index contributed by atoms with van der Waals surface area (Å²) in [6, 6.07) is 5.61. The van der Waals surface area contributed by atoms with E-state index in [0.717, 1.165) is 17.4 Å². The molecule has 0 spiro atoms. The second-order valence-corrected chi connectivity index (χ2v) is 8.00. The first-order chi connectivity index (χ1) is 11.9. The summed E-state index contributed by atoms with van der Waals surface area (Å²) in [6.07, 6.45) is 0.832. The lowest BCUT2D eigenvalue weighted by molar-refractivity contribution is 0.103. The van der Waals surface area contributed by atoms with Crippen molar-refractivity contribution in [2.75, 3.05) is 0 Å². The highest BCUT2D eigenvalue weighted by Crippen LogP contribution is 2.27. The second kappa shape index (κ2) is 6.70. The van der Waals surface area contributed by atoms with Crippen molar-refractivity contribution in [3.8, 4) is 0 Å². The summed E-state index contributed by atoms with van der Waals surface area (Å²) in [5.41, 5.74) is -0.0608. The zero-order valence-electron chi connectivity index (χ0n) is 12.1. The Balaban J connectivity index is 1.89. The number of aromatic nitrogens is 5. The predicted molar refractivity (Wildman–Crippen MR) is 88.1 cm³/mol. The van der Waals surface area contributed by atoms with E-state index in [-0.39, 0.29) is 20.8 Å². The quantitative estimate of drug-likeness (QED) is 0.378. The standard InChI is InChI=1S/C13H8ClN5O4S2/c14-7-1-3-8(4-2-7)25(22,23)13-15-9(6-24-13)10(20)5-11(21)12-16-18-19-17-12/h1-6,20H,(H,16,17,18,19). The van der Waals surface area contributed by atoms with Gasteiger partial charge in [0.1, 0.15) is 11.5 Å². The minimum absolute atomic E-state index is 0.0177. The molecule has 0 aliphatic rings. The second-order valence-electron chi connectivity index (χ2n) is 4.59. The van der Waals surface area contributed by atoms with Crippen molar-refractivity contribution in [1.29, 1.82) is 0 Å². The Morgan fingerprint density at radius 1 is 1.28 bits per heavy atom. The normalized spacial score (nSPS) is 12.3. The molecule has 2 aromatic heterocycles. The lowest BCUT2D eigenvalue weighted by Gasteiger charge is -2.00. The van der Waals surface area contributed by atoms with E-state index in [1.807, 2.05) is 0 Å². The Morgan fingerprint density at radius 2 is 2.00 bits per heavy atom. The third-order valence-corrected chi connectivity index (χ3v) is 6.21. The molecule has 12 heteroatoms. The maximum atomic E-state index is 12.5. The molecule has 0 bridgehead atoms. The summed E-state index contributed by atoms with van der Waals surface area (Å²) in [4.78, 5) is 15.7. The summed E-state index contributed by atoms with van der Waals surface area (Å²) < 4.78 is 24.8. The van der Waals surface area contributed by atoms with Crippen molar-refractivity contribution in [3.05, 3.63) is 52.3 Å². The minimum Gasteiger partial charge on any atom is -0.506 e. The van der Waals surface area contributed by atoms with E-state index in [1.54, 1.807) is 0 Å². The number of aromatic amines is 1. The highest BCUT2D eigenvalue weighted by Gasteiger charge is 2.23. The van der Waals surface area contributed by atoms with Gasteiger partial charge < -0.3 is 5.11 Å². The predicted octanol–water partition coefficient (Wildman–Crippen LogP) is 1.92. The van der Waals surface area contributed by atoms with Crippen LogP contribution >= 0.6 is 22.9 Å². The number of sulfone groups is 1. The Morgan fingerprint density at radius 3 is 2.64 bits per heavy atom. The number of carbonyl (C=O) groups is 1. The first-order valence-electron chi connectivity index (χ1n) is 6.53. The van der Waals surface area contributed by atoms with Crippen molar-refractivity contribution in [2.45, 2.75) is 9.24 Å². The van der Waals surface area contributed by atoms with Crippen LogP contribution < -0.4 is 0 Å². The number of ketones is 1. The summed E-state index contributed by atoms with van der Waals surface area (Å²) in [5, 5.41) is 24.0. The molecule has 0 saturated carbocycles. The third kappa shape index (κ3) is 3.57. The number of tetrazole rings is 1. The molecule has 0 atom stereocenters. The number of hydrogen-bond acceptors (Lipinski definition) is 9. The number of aliphatic hydroxyl groups excluding tert-OH is 1. The molecule has 0 fully saturated rings. The van der Waals surface area contributed by atoms with Crippen LogP contribution in [0.1, 0.15) is 16.3 Å². The van der Waals surface area contributed by atoms with E-state index >= 15 is 0 Å². The SMILES string of the molecule is O=C(C=C(O)c1csc(S(=O)(=O)c2ccc(Cl)cc2)n1)c1nn[nH]n1. The molecule has 2 N–H and O–H groups in total. The van der Waals surface area contributed by atoms with Crippen LogP contribution in [0, 0.1) is 0 Å². The zero-order chi connectivity index (χ0) is 18.0. The molecule has 0 unspecified atom stereocenters. The maximum Gasteiger partial charge on any atom is 0.244 e. The number of carbonyl (C=O) groups excluding carboxylic acids is 1. The first kappa shape index (κ1) is 17.2. The maximum absolute atomic E-state index is 12.5. The first-order valence-corrected chi connectivity index (χ1v) is 9.27. The number of benzene rings is 1. The van der Waals surface area contributed by atoms with Crippen molar-refractivity contribution in [2.24, 2.45) is 0 Å². The van der Waals surface area contributed by atoms with Gasteiger partial charge in [0.15, 0.2) is 0 Å². The summed E-state index contributed by atoms with van der Waals surface area (Å²) >= 11 is 6.56. The van der Waals surface area contributed by atoms with Crippen LogP contribution in [0.25, 0.3) is 5.76 Å². The van der Waals surface area contributed by atoms with Crippen molar-refractivity contribution in [3.63, 3.8) is 0 Å². The lowest BCUT2D eigenvalue weighted by Crippen LogP contribution is -2.02. The molecule has 0 aliphatic carbocycles. The molecule has 0 amide bonds. The van der Waals surface area contributed by atoms with E-state index in [9.17, 15) is 18.3 Å². The molecular formula is C13H8ClN5O4S2. The fraction of sp³-hybridized carbons (Fsp3) is 0. The van der Waals surface area contributed by atoms with Gasteiger partial charge in [0, 0.05) is 16.5 Å². The number of aliphatic hydroxyl groups is 1. The van der Waals surface area contributed by atoms with E-state index in [0.29, 0.717) is 5.02 Å². The molecule has 3 aromatic rings. The van der Waals surface area contributed by atoms with Gasteiger partial charge in [-0.05, 0) is 29.5 Å². The number of allylic oxidation sites excluding steroid dienone is 1. The molecule has 0 saturated heterocycles. The molecule has 128 valence electrons. The number of halogens is 1. The molecule has 2 heterocycles. The molecule has 0 aliphatic heterocycles. The van der Waals surface area contributed by atoms with Gasteiger partial charge in [0.05, 0.1) is 4.90 Å². The van der Waals surface area contributed by atoms with E-state index < -0.39 is 21.4 Å². The van der Waals surface area contributed by atoms with Crippen molar-refractivity contribution in [1.82, 2.24) is 25.6 Å². The fourth-order valence-corrected chi connectivity index (χ4v) is 4.26. The van der Waals surface area contributed by atoms with Crippen LogP contribution in [-0.4, -0.2) is 44.9 Å². The van der Waals surface area contributed by atoms with Crippen LogP contribution in [0.2, 0.25) is 5.02 Å². The number of hydrogen-bond donors (Lipinski definition) is 2. The molecule has 25 heavy (non-hydrogen) atoms. The lowest BCUT2D eigenvalue weighted by atomic mass is 10.3. The van der Waals surface area contributed by atoms with E-state index in [1.165, 1.54) is 29.6 Å². The van der Waals surface area contributed by atoms with Crippen LogP contribution in [0.3, 0.4) is 0 Å². The number of nitrogens with zero attached hydrogens (tertiary/aromatic N) is 4. The Hall–Kier alpha value is -2.63. The van der Waals surface area contributed by atoms with Gasteiger partial charge in [0.2, 0.25) is 25.8 Å². The highest BCUT2D eigenvalue weighted by molar-refractivity contribution is 7.93. The zero-order valence-corrected chi connectivity index (χ0v) is 14.5. The molecular weight excluding hydrogens is 390 g/mol. The largest absolute Gasteiger partial charge is 0.506 e. The van der Waals surface area contributed by atoms with E-state index in [4.69, 9.17) is 11.6 Å². The average Bonchev–Trinajstić information content (AvgIpc) is 3.27. The fourth-order valence-electron chi connectivity index (χ4n) is 1.74. The molecule has 0 radical (unpaired) electrons. The third-order valence-electron chi connectivity index (χ3n) is 2.93. The number of rotatable bonds is 5. The number of H-pyrrole nitrogens is 1. The smallest absolute Gasteiger partial charge is 0.244 e. The summed E-state index contributed by atoms with van der Waals surface area (Å²) in [6.45, 7) is 0. The topological polar surface area (TPSA) is 139 Å². The summed E-state index contributed by atoms with van der Waals surface area (Å²) in [7, 11) is -3.85. The van der Waals surface area contributed by atoms with Crippen molar-refractivity contribution < 1.29 is 18.3 Å². The monoisotopic (exact) mass is 397 g/mol. The van der Waals surface area contributed by atoms with Gasteiger partial charge in [-0.1, -0.05) is 11.6 Å². The van der Waals surface area contributed by atoms with Crippen LogP contribution in [0.15, 0.2) is 45.0 Å². The Bertz CT molecular complexity index is 1040. The van der Waals surface area contributed by atoms with Crippen LogP contribution in [0.5, 0.6) is 0 Å². The van der Waals surface area contributed by atoms with Gasteiger partial charge in [-0.3, -0.25) is 4.79 Å². The molecule has 1 aromatic carbocycles. The van der Waals surface area contributed by atoms with Crippen LogP contribution in [-0.2, 0) is 9.84 Å². The Labute approximate surface area is 149 Å². The highest BCUT2D eigenvalue weighted by atomic mass is 35.5. The average molecular weight is 398 g/mol. The van der Waals surface area contributed by atoms with Gasteiger partial charge in [-0.15, -0.1) is 21.5 Å². The van der Waals surface area contributed by atoms with Gasteiger partial charge in [0.25, 0.3) is 0 Å². The minimum atomic E-state index is -3.85. The summed E-state index contributed by atoms with van der Waals surface area (Å²) in [5.74, 6) is -1.46. The number of nitrogens with one attached hydrogen (secondary N) is 1. The van der Waals surface area contributed by atoms with Gasteiger partial charge >= 0.3 is 0 Å². The Kier molecular flexibility index (Phi) is 4.61. The van der Waals surface area contributed by atoms with Crippen LogP contribution in [0.4, 0.5) is 0 Å². The van der Waals surface area contributed by atoms with Gasteiger partial charge in [-0.25, -0.2) is 13.4 Å². The molecule has 3 rings (SSSR count).